The van der Waals surface area contributed by atoms with Crippen LogP contribution in [0.15, 0.2) is 4.52 Å². The Bertz CT molecular complexity index is 418. The number of nitrogens with one attached hydrogen (secondary N) is 1. The molecule has 6 nitrogen and oxygen atoms in total. The summed E-state index contributed by atoms with van der Waals surface area (Å²) in [7, 11) is 0. The average Bonchev–Trinajstić information content (AvgIpc) is 2.78. The third-order valence-electron chi connectivity index (χ3n) is 3.42. The molecule has 1 amide bonds. The normalized spacial score (nSPS) is 24.1. The molecule has 0 bridgehead atoms. The smallest absolute Gasteiger partial charge is 0.321 e. The van der Waals surface area contributed by atoms with E-state index in [1.807, 2.05) is 11.8 Å². The van der Waals surface area contributed by atoms with E-state index in [1.165, 1.54) is 0 Å². The van der Waals surface area contributed by atoms with Crippen LogP contribution in [-0.2, 0) is 4.79 Å². The number of carbonyl (C=O) groups excluding carboxylic acids is 1. The van der Waals surface area contributed by atoms with Gasteiger partial charge in [0.2, 0.25) is 5.91 Å². The Hall–Kier alpha value is -1.59. The molecule has 0 aliphatic carbocycles. The zero-order chi connectivity index (χ0) is 13.1. The van der Waals surface area contributed by atoms with E-state index in [0.717, 1.165) is 19.4 Å². The van der Waals surface area contributed by atoms with Gasteiger partial charge < -0.3 is 14.7 Å². The fourth-order valence-corrected chi connectivity index (χ4v) is 2.38. The van der Waals surface area contributed by atoms with Crippen LogP contribution in [0.4, 0.5) is 6.01 Å². The first kappa shape index (κ1) is 12.9. The quantitative estimate of drug-likeness (QED) is 0.885. The standard InChI is InChI=1S/C12H20N4O2/c1-4-13-12-14-11(15-18-12)10-6-5-8(2)16(7-10)9(3)17/h8,10H,4-7H2,1-3H3,(H,13,14,15). The first-order valence-corrected chi connectivity index (χ1v) is 6.46. The van der Waals surface area contributed by atoms with Crippen LogP contribution >= 0.6 is 0 Å². The van der Waals surface area contributed by atoms with Gasteiger partial charge in [0.15, 0.2) is 5.82 Å². The predicted octanol–water partition coefficient (Wildman–Crippen LogP) is 1.62. The molecule has 1 aromatic rings. The highest BCUT2D eigenvalue weighted by molar-refractivity contribution is 5.73. The number of likely N-dealkylation sites (tertiary alicyclic amines) is 1. The van der Waals surface area contributed by atoms with Crippen molar-refractivity contribution in [2.24, 2.45) is 0 Å². The third-order valence-corrected chi connectivity index (χ3v) is 3.42. The van der Waals surface area contributed by atoms with E-state index in [-0.39, 0.29) is 11.8 Å². The van der Waals surface area contributed by atoms with Gasteiger partial charge in [-0.3, -0.25) is 4.79 Å². The second-order valence-corrected chi connectivity index (χ2v) is 4.78. The Labute approximate surface area is 107 Å². The van der Waals surface area contributed by atoms with E-state index in [9.17, 15) is 4.79 Å². The highest BCUT2D eigenvalue weighted by Gasteiger charge is 2.30. The van der Waals surface area contributed by atoms with Gasteiger partial charge in [0, 0.05) is 32.0 Å². The molecular weight excluding hydrogens is 232 g/mol. The molecule has 1 aliphatic heterocycles. The summed E-state index contributed by atoms with van der Waals surface area (Å²) >= 11 is 0. The summed E-state index contributed by atoms with van der Waals surface area (Å²) in [5.74, 6) is 0.993. The lowest BCUT2D eigenvalue weighted by Crippen LogP contribution is -2.43. The third kappa shape index (κ3) is 2.63. The summed E-state index contributed by atoms with van der Waals surface area (Å²) < 4.78 is 5.11. The van der Waals surface area contributed by atoms with E-state index in [0.29, 0.717) is 24.4 Å². The highest BCUT2D eigenvalue weighted by Crippen LogP contribution is 2.28. The molecule has 18 heavy (non-hydrogen) atoms. The van der Waals surface area contributed by atoms with Crippen LogP contribution in [-0.4, -0.2) is 40.1 Å². The van der Waals surface area contributed by atoms with E-state index < -0.39 is 0 Å². The fraction of sp³-hybridized carbons (Fsp3) is 0.750. The highest BCUT2D eigenvalue weighted by atomic mass is 16.5. The van der Waals surface area contributed by atoms with Gasteiger partial charge in [-0.25, -0.2) is 0 Å². The molecule has 0 saturated carbocycles. The molecular formula is C12H20N4O2. The number of amides is 1. The Kier molecular flexibility index (Phi) is 3.84. The Balaban J connectivity index is 2.06. The van der Waals surface area contributed by atoms with Crippen LogP contribution in [0.25, 0.3) is 0 Å². The Morgan fingerprint density at radius 1 is 1.56 bits per heavy atom. The largest absolute Gasteiger partial charge is 0.340 e. The summed E-state index contributed by atoms with van der Waals surface area (Å²) in [4.78, 5) is 17.7. The molecule has 2 atom stereocenters. The molecule has 6 heteroatoms. The van der Waals surface area contributed by atoms with Crippen molar-refractivity contribution in [2.75, 3.05) is 18.4 Å². The molecule has 1 fully saturated rings. The van der Waals surface area contributed by atoms with Gasteiger partial charge in [0.05, 0.1) is 0 Å². The van der Waals surface area contributed by atoms with Gasteiger partial charge in [-0.05, 0) is 26.7 Å². The van der Waals surface area contributed by atoms with Crippen LogP contribution in [0, 0.1) is 0 Å². The lowest BCUT2D eigenvalue weighted by Gasteiger charge is -2.36. The fourth-order valence-electron chi connectivity index (χ4n) is 2.38. The lowest BCUT2D eigenvalue weighted by atomic mass is 9.93. The second-order valence-electron chi connectivity index (χ2n) is 4.78. The van der Waals surface area contributed by atoms with Crippen LogP contribution in [0.2, 0.25) is 0 Å². The van der Waals surface area contributed by atoms with Crippen molar-refractivity contribution in [3.8, 4) is 0 Å². The number of carbonyl (C=O) groups is 1. The maximum Gasteiger partial charge on any atom is 0.321 e. The van der Waals surface area contributed by atoms with Crippen molar-refractivity contribution in [3.63, 3.8) is 0 Å². The molecule has 1 aliphatic rings. The second kappa shape index (κ2) is 5.37. The molecule has 1 saturated heterocycles. The minimum atomic E-state index is 0.114. The van der Waals surface area contributed by atoms with Crippen LogP contribution in [0.3, 0.4) is 0 Å². The van der Waals surface area contributed by atoms with Crippen molar-refractivity contribution in [1.29, 1.82) is 0 Å². The van der Waals surface area contributed by atoms with E-state index >= 15 is 0 Å². The van der Waals surface area contributed by atoms with Crippen LogP contribution in [0.5, 0.6) is 0 Å². The number of hydrogen-bond acceptors (Lipinski definition) is 5. The first-order chi connectivity index (χ1) is 8.61. The van der Waals surface area contributed by atoms with Crippen LogP contribution < -0.4 is 5.32 Å². The van der Waals surface area contributed by atoms with E-state index in [2.05, 4.69) is 22.4 Å². The predicted molar refractivity (Wildman–Crippen MR) is 67.3 cm³/mol. The van der Waals surface area contributed by atoms with Gasteiger partial charge >= 0.3 is 6.01 Å². The molecule has 100 valence electrons. The summed E-state index contributed by atoms with van der Waals surface area (Å²) in [5.41, 5.74) is 0. The first-order valence-electron chi connectivity index (χ1n) is 6.46. The lowest BCUT2D eigenvalue weighted by molar-refractivity contribution is -0.132. The summed E-state index contributed by atoms with van der Waals surface area (Å²) in [6, 6.07) is 0.763. The summed E-state index contributed by atoms with van der Waals surface area (Å²) in [6.45, 7) is 7.10. The van der Waals surface area contributed by atoms with Crippen LogP contribution in [0.1, 0.15) is 45.4 Å². The molecule has 1 N–H and O–H groups in total. The molecule has 0 radical (unpaired) electrons. The monoisotopic (exact) mass is 252 g/mol. The number of hydrogen-bond donors (Lipinski definition) is 1. The van der Waals surface area contributed by atoms with Gasteiger partial charge in [0.25, 0.3) is 0 Å². The average molecular weight is 252 g/mol. The van der Waals surface area contributed by atoms with Gasteiger partial charge in [0.1, 0.15) is 0 Å². The summed E-state index contributed by atoms with van der Waals surface area (Å²) in [6.07, 6.45) is 1.98. The van der Waals surface area contributed by atoms with Gasteiger partial charge in [-0.2, -0.15) is 4.98 Å². The maximum atomic E-state index is 11.5. The molecule has 0 spiro atoms. The summed E-state index contributed by atoms with van der Waals surface area (Å²) in [5, 5.41) is 6.98. The van der Waals surface area contributed by atoms with Crippen molar-refractivity contribution in [2.45, 2.75) is 45.6 Å². The minimum Gasteiger partial charge on any atom is -0.340 e. The van der Waals surface area contributed by atoms with Crippen molar-refractivity contribution in [1.82, 2.24) is 15.0 Å². The molecule has 2 heterocycles. The van der Waals surface area contributed by atoms with E-state index in [4.69, 9.17) is 4.52 Å². The van der Waals surface area contributed by atoms with E-state index in [1.54, 1.807) is 6.92 Å². The number of aromatic nitrogens is 2. The Morgan fingerprint density at radius 2 is 2.33 bits per heavy atom. The number of anilines is 1. The minimum absolute atomic E-state index is 0.114. The van der Waals surface area contributed by atoms with Crippen molar-refractivity contribution in [3.05, 3.63) is 5.82 Å². The number of piperidine rings is 1. The number of rotatable bonds is 3. The van der Waals surface area contributed by atoms with Crippen molar-refractivity contribution >= 4 is 11.9 Å². The molecule has 0 aromatic carbocycles. The SMILES string of the molecule is CCNc1nc(C2CCC(C)N(C(C)=O)C2)no1. The zero-order valence-electron chi connectivity index (χ0n) is 11.1. The Morgan fingerprint density at radius 3 is 3.00 bits per heavy atom. The van der Waals surface area contributed by atoms with Gasteiger partial charge in [-0.15, -0.1) is 0 Å². The molecule has 2 rings (SSSR count). The maximum absolute atomic E-state index is 11.5. The topological polar surface area (TPSA) is 71.3 Å². The molecule has 1 aromatic heterocycles. The molecule has 2 unspecified atom stereocenters. The van der Waals surface area contributed by atoms with Gasteiger partial charge in [-0.1, -0.05) is 5.16 Å². The number of nitrogens with zero attached hydrogens (tertiary/aromatic N) is 3. The van der Waals surface area contributed by atoms with Crippen molar-refractivity contribution < 1.29 is 9.32 Å². The zero-order valence-corrected chi connectivity index (χ0v) is 11.1.